The normalized spacial score (nSPS) is 13.6. The summed E-state index contributed by atoms with van der Waals surface area (Å²) in [6, 6.07) is 20.7. The predicted octanol–water partition coefficient (Wildman–Crippen LogP) is 3.59. The molecule has 0 radical (unpaired) electrons. The fourth-order valence-corrected chi connectivity index (χ4v) is 4.34. The van der Waals surface area contributed by atoms with Gasteiger partial charge in [-0.2, -0.15) is 0 Å². The van der Waals surface area contributed by atoms with Gasteiger partial charge in [-0.15, -0.1) is 0 Å². The van der Waals surface area contributed by atoms with Gasteiger partial charge in [0.25, 0.3) is 0 Å². The van der Waals surface area contributed by atoms with Crippen molar-refractivity contribution in [2.45, 2.75) is 37.8 Å². The van der Waals surface area contributed by atoms with Gasteiger partial charge in [0.15, 0.2) is 9.76 Å². The molecule has 0 aliphatic rings. The van der Waals surface area contributed by atoms with Crippen molar-refractivity contribution >= 4 is 15.7 Å². The third-order valence-corrected chi connectivity index (χ3v) is 5.92. The van der Waals surface area contributed by atoms with E-state index in [1.165, 1.54) is 11.1 Å². The highest BCUT2D eigenvalue weighted by atomic mass is 28.2. The lowest BCUT2D eigenvalue weighted by Crippen LogP contribution is -2.30. The minimum atomic E-state index is -1.07. The molecule has 4 heteroatoms. The van der Waals surface area contributed by atoms with Gasteiger partial charge in [-0.25, -0.2) is 4.79 Å². The maximum absolute atomic E-state index is 11.0. The lowest BCUT2D eigenvalue weighted by molar-refractivity contribution is -0.144. The first-order chi connectivity index (χ1) is 10.9. The molecule has 0 bridgehead atoms. The number of hydrogen-bond acceptors (Lipinski definition) is 2. The topological polar surface area (TPSA) is 46.5 Å². The van der Waals surface area contributed by atoms with Gasteiger partial charge in [0.1, 0.15) is 6.10 Å². The molecule has 1 N–H and O–H groups in total. The van der Waals surface area contributed by atoms with Crippen LogP contribution in [0.1, 0.15) is 37.8 Å². The van der Waals surface area contributed by atoms with E-state index in [0.717, 1.165) is 0 Å². The molecule has 2 aromatic rings. The number of hydrogen-bond donors (Lipinski definition) is 1. The molecule has 23 heavy (non-hydrogen) atoms. The van der Waals surface area contributed by atoms with E-state index in [-0.39, 0.29) is 11.0 Å². The van der Waals surface area contributed by atoms with Gasteiger partial charge in [0.2, 0.25) is 0 Å². The summed E-state index contributed by atoms with van der Waals surface area (Å²) in [4.78, 5) is 11.0. The van der Waals surface area contributed by atoms with Crippen molar-refractivity contribution in [3.8, 4) is 0 Å². The number of carbonyl (C=O) groups is 1. The van der Waals surface area contributed by atoms with Gasteiger partial charge in [-0.3, -0.25) is 0 Å². The second-order valence-corrected chi connectivity index (χ2v) is 8.98. The lowest BCUT2D eigenvalue weighted by Gasteiger charge is -2.35. The molecular weight excluding hydrogens is 304 g/mol. The van der Waals surface area contributed by atoms with E-state index in [0.29, 0.717) is 0 Å². The molecule has 0 spiro atoms. The van der Waals surface area contributed by atoms with Crippen LogP contribution in [0.4, 0.5) is 0 Å². The Bertz CT molecular complexity index is 586. The van der Waals surface area contributed by atoms with Crippen molar-refractivity contribution in [3.05, 3.63) is 71.8 Å². The smallest absolute Gasteiger partial charge is 0.331 e. The largest absolute Gasteiger partial charge is 0.479 e. The number of rotatable bonds is 7. The molecular formula is C19H24O3Si. The summed E-state index contributed by atoms with van der Waals surface area (Å²) >= 11 is 0. The zero-order chi connectivity index (χ0) is 16.9. The third-order valence-electron chi connectivity index (χ3n) is 4.10. The van der Waals surface area contributed by atoms with Crippen molar-refractivity contribution in [1.82, 2.24) is 0 Å². The molecule has 0 saturated heterocycles. The summed E-state index contributed by atoms with van der Waals surface area (Å²) in [6.45, 7) is 5.96. The molecule has 0 unspecified atom stereocenters. The van der Waals surface area contributed by atoms with E-state index in [9.17, 15) is 4.79 Å². The second kappa shape index (κ2) is 7.57. The Balaban J connectivity index is 2.31. The van der Waals surface area contributed by atoms with Crippen LogP contribution in [0.25, 0.3) is 0 Å². The zero-order valence-corrected chi connectivity index (χ0v) is 15.3. The maximum Gasteiger partial charge on any atom is 0.331 e. The Labute approximate surface area is 140 Å². The van der Waals surface area contributed by atoms with Crippen LogP contribution in [0.5, 0.6) is 0 Å². The van der Waals surface area contributed by atoms with Gasteiger partial charge in [-0.05, 0) is 23.1 Å². The average Bonchev–Trinajstić information content (AvgIpc) is 2.54. The average molecular weight is 328 g/mol. The molecule has 2 rings (SSSR count). The maximum atomic E-state index is 11.0. The summed E-state index contributed by atoms with van der Waals surface area (Å²) in [5.74, 6) is -0.707. The van der Waals surface area contributed by atoms with Crippen LogP contribution in [-0.4, -0.2) is 26.9 Å². The van der Waals surface area contributed by atoms with Crippen LogP contribution in [0, 0.1) is 0 Å². The van der Waals surface area contributed by atoms with E-state index < -0.39 is 21.8 Å². The molecule has 1 atom stereocenters. The van der Waals surface area contributed by atoms with Gasteiger partial charge in [0, 0.05) is 5.92 Å². The highest BCUT2D eigenvalue weighted by Crippen LogP contribution is 2.45. The first kappa shape index (κ1) is 17.4. The summed E-state index contributed by atoms with van der Waals surface area (Å²) in [5, 5.41) is 8.94. The van der Waals surface area contributed by atoms with Crippen molar-refractivity contribution < 1.29 is 14.3 Å². The number of carboxylic acids is 1. The second-order valence-electron chi connectivity index (χ2n) is 6.53. The van der Waals surface area contributed by atoms with Crippen LogP contribution in [0.3, 0.4) is 0 Å². The molecule has 0 aliphatic heterocycles. The molecule has 0 aromatic heterocycles. The Morgan fingerprint density at radius 3 is 1.83 bits per heavy atom. The first-order valence-corrected chi connectivity index (χ1v) is 9.14. The number of aliphatic carboxylic acids is 1. The minimum Gasteiger partial charge on any atom is -0.479 e. The Morgan fingerprint density at radius 1 is 1.00 bits per heavy atom. The van der Waals surface area contributed by atoms with E-state index in [4.69, 9.17) is 9.53 Å². The monoisotopic (exact) mass is 328 g/mol. The van der Waals surface area contributed by atoms with Crippen LogP contribution < -0.4 is 0 Å². The summed E-state index contributed by atoms with van der Waals surface area (Å²) in [6.07, 6.45) is -0.742. The number of carboxylic acid groups (broad SMARTS) is 1. The zero-order valence-electron chi connectivity index (χ0n) is 13.9. The fourth-order valence-electron chi connectivity index (χ4n) is 2.88. The van der Waals surface area contributed by atoms with Crippen molar-refractivity contribution in [2.24, 2.45) is 0 Å². The predicted molar refractivity (Wildman–Crippen MR) is 95.5 cm³/mol. The van der Waals surface area contributed by atoms with E-state index >= 15 is 0 Å². The molecule has 3 nitrogen and oxygen atoms in total. The Morgan fingerprint density at radius 2 is 1.43 bits per heavy atom. The molecule has 0 fully saturated rings. The van der Waals surface area contributed by atoms with Crippen molar-refractivity contribution in [1.29, 1.82) is 0 Å². The Hall–Kier alpha value is -1.91. The van der Waals surface area contributed by atoms with Crippen LogP contribution in [0.2, 0.25) is 5.04 Å². The summed E-state index contributed by atoms with van der Waals surface area (Å²) in [5.41, 5.74) is 2.48. The number of benzene rings is 2. The molecule has 0 heterocycles. The van der Waals surface area contributed by atoms with Gasteiger partial charge in [-0.1, -0.05) is 74.5 Å². The SMILES string of the molecule is C[C@@H](O[SiH2]C(C)(C)C(c1ccccc1)c1ccccc1)C(=O)O. The van der Waals surface area contributed by atoms with E-state index in [2.05, 4.69) is 38.1 Å². The van der Waals surface area contributed by atoms with Gasteiger partial charge in [0.05, 0.1) is 0 Å². The molecule has 0 saturated carbocycles. The lowest BCUT2D eigenvalue weighted by atomic mass is 9.82. The van der Waals surface area contributed by atoms with Crippen molar-refractivity contribution in [3.63, 3.8) is 0 Å². The molecule has 0 aliphatic carbocycles. The molecule has 122 valence electrons. The molecule has 0 amide bonds. The standard InChI is InChI=1S/C19H24O3Si/c1-14(18(20)21)22-23-19(2,3)17(15-10-6-4-7-11-15)16-12-8-5-9-13-16/h4-14,17H,23H2,1-3H3,(H,20,21)/t14-/m1/s1. The quantitative estimate of drug-likeness (QED) is 0.790. The summed E-state index contributed by atoms with van der Waals surface area (Å²) < 4.78 is 5.73. The molecule has 2 aromatic carbocycles. The summed E-state index contributed by atoms with van der Waals surface area (Å²) in [7, 11) is -1.07. The minimum absolute atomic E-state index is 0.105. The van der Waals surface area contributed by atoms with E-state index in [1.807, 2.05) is 36.4 Å². The first-order valence-electron chi connectivity index (χ1n) is 7.86. The highest BCUT2D eigenvalue weighted by Gasteiger charge is 2.34. The Kier molecular flexibility index (Phi) is 5.74. The van der Waals surface area contributed by atoms with Crippen molar-refractivity contribution in [2.75, 3.05) is 0 Å². The van der Waals surface area contributed by atoms with Crippen LogP contribution in [0.15, 0.2) is 60.7 Å². The van der Waals surface area contributed by atoms with Crippen LogP contribution in [-0.2, 0) is 9.22 Å². The third kappa shape index (κ3) is 4.53. The van der Waals surface area contributed by atoms with Gasteiger partial charge >= 0.3 is 5.97 Å². The highest BCUT2D eigenvalue weighted by molar-refractivity contribution is 6.33. The fraction of sp³-hybridized carbons (Fsp3) is 0.316. The van der Waals surface area contributed by atoms with E-state index in [1.54, 1.807) is 6.92 Å². The van der Waals surface area contributed by atoms with Crippen LogP contribution >= 0.6 is 0 Å². The van der Waals surface area contributed by atoms with Gasteiger partial charge < -0.3 is 9.53 Å².